The number of aliphatic imine (C=N–C) groups is 1. The van der Waals surface area contributed by atoms with Crippen LogP contribution in [0.15, 0.2) is 23.2 Å². The highest BCUT2D eigenvalue weighted by Crippen LogP contribution is 2.28. The summed E-state index contributed by atoms with van der Waals surface area (Å²) in [5.74, 6) is 2.54. The average molecular weight is 141 g/mol. The zero-order valence-corrected chi connectivity index (χ0v) is 5.78. The fraction of sp³-hybridized carbons (Fsp3) is 0. The lowest BCUT2D eigenvalue weighted by Crippen LogP contribution is -1.85. The minimum atomic E-state index is 0.845. The predicted octanol–water partition coefficient (Wildman–Crippen LogP) is 1.58. The first-order valence-corrected chi connectivity index (χ1v) is 3.24. The van der Waals surface area contributed by atoms with Gasteiger partial charge in [-0.2, -0.15) is 0 Å². The lowest BCUT2D eigenvalue weighted by atomic mass is 10.2. The molecule has 0 atom stereocenters. The van der Waals surface area contributed by atoms with Crippen LogP contribution in [0.3, 0.4) is 0 Å². The van der Waals surface area contributed by atoms with Gasteiger partial charge in [0, 0.05) is 5.56 Å². The lowest BCUT2D eigenvalue weighted by molar-refractivity contribution is 1.35. The third kappa shape index (κ3) is 0.870. The maximum atomic E-state index is 5.21. The number of benzene rings is 1. The molecule has 0 fully saturated rings. The van der Waals surface area contributed by atoms with Gasteiger partial charge in [0.15, 0.2) is 0 Å². The van der Waals surface area contributed by atoms with Crippen molar-refractivity contribution in [1.29, 1.82) is 0 Å². The molecular formula is C9H5N2. The van der Waals surface area contributed by atoms with Crippen LogP contribution in [0.1, 0.15) is 5.56 Å². The van der Waals surface area contributed by atoms with Gasteiger partial charge in [0.2, 0.25) is 0 Å². The molecule has 0 saturated heterocycles. The lowest BCUT2D eigenvalue weighted by Gasteiger charge is -1.94. The third-order valence-electron chi connectivity index (χ3n) is 1.54. The van der Waals surface area contributed by atoms with E-state index in [2.05, 4.69) is 16.2 Å². The van der Waals surface area contributed by atoms with Crippen molar-refractivity contribution in [2.45, 2.75) is 0 Å². The van der Waals surface area contributed by atoms with E-state index in [1.165, 1.54) is 6.34 Å². The summed E-state index contributed by atoms with van der Waals surface area (Å²) in [6.07, 6.45) is 6.74. The Bertz CT molecular complexity index is 358. The second-order valence-corrected chi connectivity index (χ2v) is 2.22. The maximum absolute atomic E-state index is 5.21. The van der Waals surface area contributed by atoms with E-state index >= 15 is 0 Å². The number of rotatable bonds is 0. The number of nitrogens with zero attached hydrogens (tertiary/aromatic N) is 2. The SMILES string of the molecule is C#Cc1ccc2c(c1)[N]C=N2. The molecule has 2 rings (SSSR count). The highest BCUT2D eigenvalue weighted by atomic mass is 15.0. The summed E-state index contributed by atoms with van der Waals surface area (Å²) < 4.78 is 0. The fourth-order valence-corrected chi connectivity index (χ4v) is 0.979. The molecule has 0 spiro atoms. The van der Waals surface area contributed by atoms with Gasteiger partial charge in [-0.05, 0) is 18.2 Å². The Hall–Kier alpha value is -1.75. The van der Waals surface area contributed by atoms with Crippen LogP contribution < -0.4 is 5.32 Å². The molecule has 1 aromatic rings. The van der Waals surface area contributed by atoms with Gasteiger partial charge >= 0.3 is 0 Å². The molecule has 1 aromatic carbocycles. The topological polar surface area (TPSA) is 26.5 Å². The first-order chi connectivity index (χ1) is 5.40. The molecule has 0 unspecified atom stereocenters. The van der Waals surface area contributed by atoms with Gasteiger partial charge in [-0.1, -0.05) is 5.92 Å². The van der Waals surface area contributed by atoms with Crippen LogP contribution in [0.25, 0.3) is 0 Å². The first-order valence-electron chi connectivity index (χ1n) is 3.24. The van der Waals surface area contributed by atoms with Crippen molar-refractivity contribution in [2.24, 2.45) is 4.99 Å². The van der Waals surface area contributed by atoms with Crippen LogP contribution in [0, 0.1) is 12.3 Å². The molecule has 0 amide bonds. The number of hydrogen-bond donors (Lipinski definition) is 0. The number of terminal acetylenes is 1. The number of hydrogen-bond acceptors (Lipinski definition) is 1. The largest absolute Gasteiger partial charge is 0.235 e. The quantitative estimate of drug-likeness (QED) is 0.490. The van der Waals surface area contributed by atoms with Gasteiger partial charge in [-0.3, -0.25) is 0 Å². The third-order valence-corrected chi connectivity index (χ3v) is 1.54. The molecule has 0 N–H and O–H groups in total. The van der Waals surface area contributed by atoms with Gasteiger partial charge in [0.25, 0.3) is 0 Å². The van der Waals surface area contributed by atoms with Gasteiger partial charge in [0.05, 0.1) is 11.4 Å². The van der Waals surface area contributed by atoms with E-state index in [1.54, 1.807) is 0 Å². The van der Waals surface area contributed by atoms with E-state index in [0.717, 1.165) is 16.9 Å². The minimum absolute atomic E-state index is 0.845. The second kappa shape index (κ2) is 2.14. The first kappa shape index (κ1) is 5.99. The molecule has 0 saturated carbocycles. The Kier molecular flexibility index (Phi) is 1.16. The monoisotopic (exact) mass is 141 g/mol. The molecule has 0 aliphatic carbocycles. The van der Waals surface area contributed by atoms with Crippen LogP contribution in [0.4, 0.5) is 11.4 Å². The minimum Gasteiger partial charge on any atom is -0.235 e. The molecule has 2 nitrogen and oxygen atoms in total. The number of fused-ring (bicyclic) bond motifs is 1. The highest BCUT2D eigenvalue weighted by molar-refractivity contribution is 5.82. The average Bonchev–Trinajstić information content (AvgIpc) is 2.50. The van der Waals surface area contributed by atoms with Gasteiger partial charge in [-0.15, -0.1) is 6.42 Å². The van der Waals surface area contributed by atoms with Crippen molar-refractivity contribution in [2.75, 3.05) is 0 Å². The van der Waals surface area contributed by atoms with E-state index in [0.29, 0.717) is 0 Å². The normalized spacial score (nSPS) is 11.9. The molecule has 51 valence electrons. The Morgan fingerprint density at radius 3 is 3.00 bits per heavy atom. The van der Waals surface area contributed by atoms with E-state index in [-0.39, 0.29) is 0 Å². The predicted molar refractivity (Wildman–Crippen MR) is 44.3 cm³/mol. The molecule has 0 bridgehead atoms. The Morgan fingerprint density at radius 1 is 1.27 bits per heavy atom. The van der Waals surface area contributed by atoms with Crippen molar-refractivity contribution in [3.05, 3.63) is 23.8 Å². The van der Waals surface area contributed by atoms with Gasteiger partial charge < -0.3 is 0 Å². The summed E-state index contributed by atoms with van der Waals surface area (Å²) in [5.41, 5.74) is 2.60. The Balaban J connectivity index is 2.56. The van der Waals surface area contributed by atoms with Crippen LogP contribution in [-0.4, -0.2) is 6.34 Å². The second-order valence-electron chi connectivity index (χ2n) is 2.22. The zero-order valence-electron chi connectivity index (χ0n) is 5.78. The van der Waals surface area contributed by atoms with Crippen LogP contribution in [-0.2, 0) is 0 Å². The molecule has 11 heavy (non-hydrogen) atoms. The van der Waals surface area contributed by atoms with E-state index in [4.69, 9.17) is 6.42 Å². The van der Waals surface area contributed by atoms with E-state index in [9.17, 15) is 0 Å². The zero-order chi connectivity index (χ0) is 7.68. The summed E-state index contributed by atoms with van der Waals surface area (Å²) in [6.45, 7) is 0. The molecule has 1 aliphatic rings. The van der Waals surface area contributed by atoms with E-state index in [1.807, 2.05) is 18.2 Å². The smallest absolute Gasteiger partial charge is 0.116 e. The summed E-state index contributed by atoms with van der Waals surface area (Å²) in [4.78, 5) is 4.01. The maximum Gasteiger partial charge on any atom is 0.116 e. The fourth-order valence-electron chi connectivity index (χ4n) is 0.979. The van der Waals surface area contributed by atoms with E-state index < -0.39 is 0 Å². The standard InChI is InChI=1S/C9H5N2/c1-2-7-3-4-8-9(5-7)11-6-10-8/h1,3-6H. The van der Waals surface area contributed by atoms with Crippen LogP contribution >= 0.6 is 0 Å². The van der Waals surface area contributed by atoms with Gasteiger partial charge in [-0.25, -0.2) is 10.3 Å². The molecular weight excluding hydrogens is 136 g/mol. The molecule has 1 heterocycles. The van der Waals surface area contributed by atoms with Crippen molar-refractivity contribution < 1.29 is 0 Å². The van der Waals surface area contributed by atoms with Crippen molar-refractivity contribution in [3.63, 3.8) is 0 Å². The van der Waals surface area contributed by atoms with Crippen molar-refractivity contribution in [3.8, 4) is 12.3 Å². The molecule has 1 aliphatic heterocycles. The van der Waals surface area contributed by atoms with Crippen LogP contribution in [0.5, 0.6) is 0 Å². The molecule has 0 aromatic heterocycles. The van der Waals surface area contributed by atoms with Gasteiger partial charge in [0.1, 0.15) is 6.34 Å². The summed E-state index contributed by atoms with van der Waals surface area (Å²) in [6, 6.07) is 5.58. The molecule has 1 radical (unpaired) electrons. The highest BCUT2D eigenvalue weighted by Gasteiger charge is 2.06. The summed E-state index contributed by atoms with van der Waals surface area (Å²) in [7, 11) is 0. The Labute approximate surface area is 65.0 Å². The van der Waals surface area contributed by atoms with Crippen molar-refractivity contribution >= 4 is 17.7 Å². The molecule has 2 heteroatoms. The van der Waals surface area contributed by atoms with Crippen molar-refractivity contribution in [1.82, 2.24) is 5.32 Å². The summed E-state index contributed by atoms with van der Waals surface area (Å²) >= 11 is 0. The Morgan fingerprint density at radius 2 is 2.18 bits per heavy atom. The summed E-state index contributed by atoms with van der Waals surface area (Å²) in [5, 5.41) is 4.02. The van der Waals surface area contributed by atoms with Crippen LogP contribution in [0.2, 0.25) is 0 Å².